The predicted octanol–water partition coefficient (Wildman–Crippen LogP) is 0.0858. The summed E-state index contributed by atoms with van der Waals surface area (Å²) in [5.41, 5.74) is 0. The zero-order valence-corrected chi connectivity index (χ0v) is 13.4. The third kappa shape index (κ3) is 3.64. The monoisotopic (exact) mass is 327 g/mol. The Balaban J connectivity index is 1.62. The topological polar surface area (TPSA) is 97.3 Å². The van der Waals surface area contributed by atoms with Crippen molar-refractivity contribution in [2.75, 3.05) is 41.9 Å². The van der Waals surface area contributed by atoms with Crippen molar-refractivity contribution in [3.05, 3.63) is 6.20 Å². The molecular weight excluding hydrogens is 306 g/mol. The summed E-state index contributed by atoms with van der Waals surface area (Å²) >= 11 is 0. The first-order chi connectivity index (χ1) is 10.5. The van der Waals surface area contributed by atoms with Gasteiger partial charge in [0.2, 0.25) is 5.95 Å². The zero-order valence-electron chi connectivity index (χ0n) is 12.6. The van der Waals surface area contributed by atoms with Gasteiger partial charge < -0.3 is 15.0 Å². The molecule has 0 amide bonds. The van der Waals surface area contributed by atoms with Crippen molar-refractivity contribution in [1.29, 1.82) is 0 Å². The summed E-state index contributed by atoms with van der Waals surface area (Å²) in [7, 11) is -1.12. The molecule has 22 heavy (non-hydrogen) atoms. The molecule has 3 rings (SSSR count). The van der Waals surface area contributed by atoms with Crippen molar-refractivity contribution in [2.24, 2.45) is 0 Å². The van der Waals surface area contributed by atoms with Gasteiger partial charge in [0.25, 0.3) is 0 Å². The summed E-state index contributed by atoms with van der Waals surface area (Å²) in [5.74, 6) is 1.46. The van der Waals surface area contributed by atoms with E-state index >= 15 is 0 Å². The molecule has 0 bridgehead atoms. The molecule has 2 saturated heterocycles. The molecule has 0 aromatic carbocycles. The van der Waals surface area contributed by atoms with Gasteiger partial charge in [0.05, 0.1) is 23.8 Å². The molecule has 0 spiro atoms. The molecule has 1 aromatic heterocycles. The first kappa shape index (κ1) is 15.4. The maximum atomic E-state index is 11.6. The number of aromatic nitrogens is 3. The highest BCUT2D eigenvalue weighted by atomic mass is 32.2. The lowest BCUT2D eigenvalue weighted by Gasteiger charge is -2.23. The molecule has 2 unspecified atom stereocenters. The van der Waals surface area contributed by atoms with Crippen molar-refractivity contribution in [3.8, 4) is 0 Å². The van der Waals surface area contributed by atoms with Gasteiger partial charge in [-0.3, -0.25) is 0 Å². The summed E-state index contributed by atoms with van der Waals surface area (Å²) in [6, 6.07) is -0.0831. The van der Waals surface area contributed by atoms with E-state index < -0.39 is 9.84 Å². The Bertz CT molecular complexity index is 618. The van der Waals surface area contributed by atoms with E-state index in [-0.39, 0.29) is 23.7 Å². The summed E-state index contributed by atoms with van der Waals surface area (Å²) in [6.45, 7) is 1.51. The number of anilines is 2. The minimum atomic E-state index is -2.93. The highest BCUT2D eigenvalue weighted by Gasteiger charge is 2.32. The molecule has 0 aliphatic carbocycles. The van der Waals surface area contributed by atoms with E-state index in [1.165, 1.54) is 0 Å². The number of sulfone groups is 1. The van der Waals surface area contributed by atoms with Crippen LogP contribution in [0.2, 0.25) is 0 Å². The number of ether oxygens (including phenoxy) is 1. The van der Waals surface area contributed by atoms with Gasteiger partial charge in [-0.15, -0.1) is 5.10 Å². The fourth-order valence-electron chi connectivity index (χ4n) is 2.80. The van der Waals surface area contributed by atoms with Crippen molar-refractivity contribution < 1.29 is 13.2 Å². The first-order valence-electron chi connectivity index (χ1n) is 7.52. The van der Waals surface area contributed by atoms with E-state index in [0.29, 0.717) is 24.7 Å². The van der Waals surface area contributed by atoms with Gasteiger partial charge in [-0.2, -0.15) is 10.1 Å². The van der Waals surface area contributed by atoms with Crippen molar-refractivity contribution in [1.82, 2.24) is 15.2 Å². The molecule has 0 radical (unpaired) electrons. The van der Waals surface area contributed by atoms with Gasteiger partial charge in [0.1, 0.15) is 0 Å². The van der Waals surface area contributed by atoms with Crippen LogP contribution in [0.15, 0.2) is 6.20 Å². The molecule has 3 heterocycles. The minimum Gasteiger partial charge on any atom is -0.376 e. The average Bonchev–Trinajstić information content (AvgIpc) is 3.14. The Labute approximate surface area is 130 Å². The molecule has 9 heteroatoms. The summed E-state index contributed by atoms with van der Waals surface area (Å²) in [6.07, 6.45) is 4.54. The standard InChI is InChI=1S/C13H21N5O3S/c1-18(10-4-6-22(19,20)9-10)13-16-12(8-15-17-13)14-7-11-3-2-5-21-11/h8,10-11H,2-7,9H2,1H3,(H,14,16,17). The smallest absolute Gasteiger partial charge is 0.247 e. The van der Waals surface area contributed by atoms with Crippen LogP contribution in [0, 0.1) is 0 Å². The van der Waals surface area contributed by atoms with E-state index in [1.807, 2.05) is 7.05 Å². The molecule has 2 aliphatic rings. The Morgan fingerprint density at radius 1 is 1.45 bits per heavy atom. The molecule has 2 aliphatic heterocycles. The van der Waals surface area contributed by atoms with Crippen molar-refractivity contribution in [3.63, 3.8) is 0 Å². The highest BCUT2D eigenvalue weighted by Crippen LogP contribution is 2.20. The van der Waals surface area contributed by atoms with E-state index in [1.54, 1.807) is 11.1 Å². The van der Waals surface area contributed by atoms with Crippen LogP contribution in [0.1, 0.15) is 19.3 Å². The lowest BCUT2D eigenvalue weighted by molar-refractivity contribution is 0.120. The molecular formula is C13H21N5O3S. The van der Waals surface area contributed by atoms with Crippen LogP contribution in [-0.4, -0.2) is 67.4 Å². The van der Waals surface area contributed by atoms with Crippen LogP contribution in [0.5, 0.6) is 0 Å². The number of nitrogens with one attached hydrogen (secondary N) is 1. The second-order valence-corrected chi connectivity index (χ2v) is 8.05. The number of hydrogen-bond acceptors (Lipinski definition) is 8. The van der Waals surface area contributed by atoms with Gasteiger partial charge >= 0.3 is 0 Å². The highest BCUT2D eigenvalue weighted by molar-refractivity contribution is 7.91. The molecule has 1 aromatic rings. The fourth-order valence-corrected chi connectivity index (χ4v) is 4.57. The lowest BCUT2D eigenvalue weighted by Crippen LogP contribution is -2.34. The Morgan fingerprint density at radius 2 is 2.32 bits per heavy atom. The zero-order chi connectivity index (χ0) is 15.6. The van der Waals surface area contributed by atoms with Gasteiger partial charge in [-0.05, 0) is 19.3 Å². The van der Waals surface area contributed by atoms with E-state index in [9.17, 15) is 8.42 Å². The van der Waals surface area contributed by atoms with Crippen LogP contribution >= 0.6 is 0 Å². The van der Waals surface area contributed by atoms with Gasteiger partial charge in [-0.1, -0.05) is 0 Å². The maximum Gasteiger partial charge on any atom is 0.247 e. The van der Waals surface area contributed by atoms with Crippen molar-refractivity contribution >= 4 is 21.6 Å². The normalized spacial score (nSPS) is 27.0. The molecule has 0 saturated carbocycles. The Hall–Kier alpha value is -1.48. The molecule has 8 nitrogen and oxygen atoms in total. The second kappa shape index (κ2) is 6.33. The maximum absolute atomic E-state index is 11.6. The molecule has 2 atom stereocenters. The van der Waals surface area contributed by atoms with E-state index in [0.717, 1.165) is 19.4 Å². The van der Waals surface area contributed by atoms with Crippen LogP contribution in [0.25, 0.3) is 0 Å². The fraction of sp³-hybridized carbons (Fsp3) is 0.769. The first-order valence-corrected chi connectivity index (χ1v) is 9.34. The molecule has 122 valence electrons. The Kier molecular flexibility index (Phi) is 4.44. The third-order valence-corrected chi connectivity index (χ3v) is 5.90. The van der Waals surface area contributed by atoms with Crippen molar-refractivity contribution in [2.45, 2.75) is 31.4 Å². The van der Waals surface area contributed by atoms with Gasteiger partial charge in [-0.25, -0.2) is 8.42 Å². The second-order valence-electron chi connectivity index (χ2n) is 5.83. The summed E-state index contributed by atoms with van der Waals surface area (Å²) in [5, 5.41) is 11.2. The number of rotatable bonds is 5. The Morgan fingerprint density at radius 3 is 3.00 bits per heavy atom. The summed E-state index contributed by atoms with van der Waals surface area (Å²) in [4.78, 5) is 6.22. The van der Waals surface area contributed by atoms with Crippen LogP contribution in [0.3, 0.4) is 0 Å². The molecule has 2 fully saturated rings. The largest absolute Gasteiger partial charge is 0.376 e. The molecule has 1 N–H and O–H groups in total. The van der Waals surface area contributed by atoms with Crippen LogP contribution in [-0.2, 0) is 14.6 Å². The van der Waals surface area contributed by atoms with E-state index in [4.69, 9.17) is 4.74 Å². The van der Waals surface area contributed by atoms with E-state index in [2.05, 4.69) is 20.5 Å². The third-order valence-electron chi connectivity index (χ3n) is 4.15. The predicted molar refractivity (Wildman–Crippen MR) is 82.8 cm³/mol. The lowest BCUT2D eigenvalue weighted by atomic mass is 10.2. The number of hydrogen-bond donors (Lipinski definition) is 1. The van der Waals surface area contributed by atoms with Gasteiger partial charge in [0, 0.05) is 26.2 Å². The average molecular weight is 327 g/mol. The quantitative estimate of drug-likeness (QED) is 0.812. The van der Waals surface area contributed by atoms with Gasteiger partial charge in [0.15, 0.2) is 15.7 Å². The van der Waals surface area contributed by atoms with Crippen LogP contribution in [0.4, 0.5) is 11.8 Å². The summed E-state index contributed by atoms with van der Waals surface area (Å²) < 4.78 is 28.7. The number of nitrogens with zero attached hydrogens (tertiary/aromatic N) is 4. The SMILES string of the molecule is CN(c1nncc(NCC2CCCO2)n1)C1CCS(=O)(=O)C1. The van der Waals surface area contributed by atoms with Crippen LogP contribution < -0.4 is 10.2 Å². The minimum absolute atomic E-state index is 0.0831.